The van der Waals surface area contributed by atoms with E-state index in [-0.39, 0.29) is 12.1 Å². The molecule has 0 fully saturated rings. The number of hydrogen-bond acceptors (Lipinski definition) is 4. The molecule has 0 aromatic carbocycles. The molecular weight excluding hydrogens is 192 g/mol. The van der Waals surface area contributed by atoms with Gasteiger partial charge in [-0.25, -0.2) is 0 Å². The maximum atomic E-state index is 5.93. The van der Waals surface area contributed by atoms with Gasteiger partial charge >= 0.3 is 0 Å². The van der Waals surface area contributed by atoms with Crippen molar-refractivity contribution in [1.82, 2.24) is 0 Å². The fourth-order valence-electron chi connectivity index (χ4n) is 1.51. The second kappa shape index (κ2) is 4.33. The van der Waals surface area contributed by atoms with Crippen LogP contribution in [-0.2, 0) is 0 Å². The molecule has 0 bridgehead atoms. The Morgan fingerprint density at radius 1 is 0.933 bits per heavy atom. The molecule has 0 saturated heterocycles. The van der Waals surface area contributed by atoms with Gasteiger partial charge in [-0.2, -0.15) is 0 Å². The lowest BCUT2D eigenvalue weighted by Crippen LogP contribution is -2.18. The standard InChI is InChI=1S/C11H14N2O2/c12-8(10-3-1-5-14-10)7-9(13)11-4-2-6-15-11/h1-6,8-9H,7,12-13H2. The van der Waals surface area contributed by atoms with Crippen molar-refractivity contribution in [3.05, 3.63) is 48.3 Å². The van der Waals surface area contributed by atoms with Crippen molar-refractivity contribution in [1.29, 1.82) is 0 Å². The Balaban J connectivity index is 1.98. The fourth-order valence-corrected chi connectivity index (χ4v) is 1.51. The zero-order valence-electron chi connectivity index (χ0n) is 8.30. The van der Waals surface area contributed by atoms with Crippen LogP contribution >= 0.6 is 0 Å². The zero-order valence-corrected chi connectivity index (χ0v) is 8.30. The van der Waals surface area contributed by atoms with E-state index in [0.717, 1.165) is 11.5 Å². The van der Waals surface area contributed by atoms with Crippen LogP contribution in [-0.4, -0.2) is 0 Å². The summed E-state index contributed by atoms with van der Waals surface area (Å²) in [4.78, 5) is 0. The third-order valence-electron chi connectivity index (χ3n) is 2.33. The van der Waals surface area contributed by atoms with E-state index in [9.17, 15) is 0 Å². The molecule has 2 heterocycles. The summed E-state index contributed by atoms with van der Waals surface area (Å²) in [5.74, 6) is 1.49. The van der Waals surface area contributed by atoms with E-state index in [1.54, 1.807) is 12.5 Å². The Kier molecular flexibility index (Phi) is 2.89. The van der Waals surface area contributed by atoms with Gasteiger partial charge < -0.3 is 20.3 Å². The van der Waals surface area contributed by atoms with E-state index >= 15 is 0 Å². The monoisotopic (exact) mass is 206 g/mol. The molecule has 0 radical (unpaired) electrons. The molecule has 80 valence electrons. The Morgan fingerprint density at radius 2 is 1.40 bits per heavy atom. The van der Waals surface area contributed by atoms with Crippen LogP contribution in [0.15, 0.2) is 45.6 Å². The van der Waals surface area contributed by atoms with Crippen molar-refractivity contribution < 1.29 is 8.83 Å². The van der Waals surface area contributed by atoms with Gasteiger partial charge in [0.15, 0.2) is 0 Å². The van der Waals surface area contributed by atoms with Gasteiger partial charge in [-0.3, -0.25) is 0 Å². The predicted molar refractivity (Wildman–Crippen MR) is 55.9 cm³/mol. The minimum Gasteiger partial charge on any atom is -0.468 e. The Morgan fingerprint density at radius 3 is 1.73 bits per heavy atom. The summed E-state index contributed by atoms with van der Waals surface area (Å²) in [5.41, 5.74) is 11.9. The van der Waals surface area contributed by atoms with Crippen LogP contribution in [0.4, 0.5) is 0 Å². The highest BCUT2D eigenvalue weighted by molar-refractivity contribution is 5.08. The highest BCUT2D eigenvalue weighted by Crippen LogP contribution is 2.23. The molecule has 0 amide bonds. The predicted octanol–water partition coefficient (Wildman–Crippen LogP) is 1.96. The molecule has 4 N–H and O–H groups in total. The Bertz CT molecular complexity index is 342. The maximum absolute atomic E-state index is 5.93. The molecule has 2 aromatic heterocycles. The van der Waals surface area contributed by atoms with Crippen LogP contribution in [0.1, 0.15) is 30.0 Å². The molecule has 0 aliphatic rings. The van der Waals surface area contributed by atoms with Gasteiger partial charge in [0.05, 0.1) is 24.6 Å². The highest BCUT2D eigenvalue weighted by Gasteiger charge is 2.16. The first-order valence-corrected chi connectivity index (χ1v) is 4.85. The summed E-state index contributed by atoms with van der Waals surface area (Å²) in [6.45, 7) is 0. The summed E-state index contributed by atoms with van der Waals surface area (Å²) in [5, 5.41) is 0. The van der Waals surface area contributed by atoms with E-state index < -0.39 is 0 Å². The first kappa shape index (κ1) is 10.0. The van der Waals surface area contributed by atoms with Crippen molar-refractivity contribution >= 4 is 0 Å². The SMILES string of the molecule is NC(CC(N)c1ccco1)c1ccco1. The quantitative estimate of drug-likeness (QED) is 0.801. The van der Waals surface area contributed by atoms with E-state index in [2.05, 4.69) is 0 Å². The first-order chi connectivity index (χ1) is 7.27. The van der Waals surface area contributed by atoms with Crippen molar-refractivity contribution in [3.8, 4) is 0 Å². The zero-order chi connectivity index (χ0) is 10.7. The normalized spacial score (nSPS) is 15.1. The van der Waals surface area contributed by atoms with Crippen LogP contribution in [0.2, 0.25) is 0 Å². The Hall–Kier alpha value is -1.52. The van der Waals surface area contributed by atoms with Crippen LogP contribution in [0.25, 0.3) is 0 Å². The first-order valence-electron chi connectivity index (χ1n) is 4.85. The average molecular weight is 206 g/mol. The van der Waals surface area contributed by atoms with Crippen molar-refractivity contribution in [3.63, 3.8) is 0 Å². The number of furan rings is 2. The van der Waals surface area contributed by atoms with Crippen LogP contribution in [0, 0.1) is 0 Å². The van der Waals surface area contributed by atoms with Crippen LogP contribution in [0.3, 0.4) is 0 Å². The topological polar surface area (TPSA) is 78.3 Å². The van der Waals surface area contributed by atoms with Crippen molar-refractivity contribution in [2.24, 2.45) is 11.5 Å². The molecule has 4 heteroatoms. The maximum Gasteiger partial charge on any atom is 0.120 e. The molecule has 2 rings (SSSR count). The van der Waals surface area contributed by atoms with Crippen molar-refractivity contribution in [2.75, 3.05) is 0 Å². The molecular formula is C11H14N2O2. The van der Waals surface area contributed by atoms with Crippen LogP contribution < -0.4 is 11.5 Å². The third kappa shape index (κ3) is 2.29. The molecule has 0 aliphatic heterocycles. The number of nitrogens with two attached hydrogens (primary N) is 2. The van der Waals surface area contributed by atoms with Gasteiger partial charge in [0.1, 0.15) is 11.5 Å². The second-order valence-corrected chi connectivity index (χ2v) is 3.48. The summed E-state index contributed by atoms with van der Waals surface area (Å²) in [7, 11) is 0. The fraction of sp³-hybridized carbons (Fsp3) is 0.273. The van der Waals surface area contributed by atoms with Gasteiger partial charge in [-0.1, -0.05) is 0 Å². The van der Waals surface area contributed by atoms with Gasteiger partial charge in [-0.15, -0.1) is 0 Å². The van der Waals surface area contributed by atoms with E-state index in [0.29, 0.717) is 6.42 Å². The summed E-state index contributed by atoms with van der Waals surface area (Å²) >= 11 is 0. The van der Waals surface area contributed by atoms with Gasteiger partial charge in [0.2, 0.25) is 0 Å². The minimum absolute atomic E-state index is 0.194. The van der Waals surface area contributed by atoms with Crippen LogP contribution in [0.5, 0.6) is 0 Å². The molecule has 2 unspecified atom stereocenters. The molecule has 2 aromatic rings. The third-order valence-corrected chi connectivity index (χ3v) is 2.33. The lowest BCUT2D eigenvalue weighted by molar-refractivity contribution is 0.396. The molecule has 0 saturated carbocycles. The molecule has 15 heavy (non-hydrogen) atoms. The number of rotatable bonds is 4. The molecule has 2 atom stereocenters. The number of hydrogen-bond donors (Lipinski definition) is 2. The van der Waals surface area contributed by atoms with Gasteiger partial charge in [0.25, 0.3) is 0 Å². The second-order valence-electron chi connectivity index (χ2n) is 3.48. The smallest absolute Gasteiger partial charge is 0.120 e. The molecule has 0 spiro atoms. The highest BCUT2D eigenvalue weighted by atomic mass is 16.3. The van der Waals surface area contributed by atoms with Crippen molar-refractivity contribution in [2.45, 2.75) is 18.5 Å². The molecule has 4 nitrogen and oxygen atoms in total. The average Bonchev–Trinajstić information content (AvgIpc) is 2.91. The summed E-state index contributed by atoms with van der Waals surface area (Å²) < 4.78 is 10.4. The van der Waals surface area contributed by atoms with E-state index in [1.165, 1.54) is 0 Å². The van der Waals surface area contributed by atoms with Gasteiger partial charge in [-0.05, 0) is 30.7 Å². The Labute approximate surface area is 87.9 Å². The van der Waals surface area contributed by atoms with Gasteiger partial charge in [0, 0.05) is 0 Å². The summed E-state index contributed by atoms with van der Waals surface area (Å²) in [6, 6.07) is 6.93. The van der Waals surface area contributed by atoms with E-state index in [4.69, 9.17) is 20.3 Å². The lowest BCUT2D eigenvalue weighted by atomic mass is 10.0. The summed E-state index contributed by atoms with van der Waals surface area (Å²) in [6.07, 6.45) is 3.81. The minimum atomic E-state index is -0.194. The largest absolute Gasteiger partial charge is 0.468 e. The lowest BCUT2D eigenvalue weighted by Gasteiger charge is -2.13. The molecule has 0 aliphatic carbocycles. The van der Waals surface area contributed by atoms with E-state index in [1.807, 2.05) is 24.3 Å².